The Bertz CT molecular complexity index is 533. The van der Waals surface area contributed by atoms with Crippen molar-refractivity contribution < 1.29 is 14.7 Å². The minimum atomic E-state index is -0.863. The van der Waals surface area contributed by atoms with Crippen LogP contribution in [0.4, 0.5) is 5.69 Å². The summed E-state index contributed by atoms with van der Waals surface area (Å²) in [5, 5.41) is 9.46. The summed E-state index contributed by atoms with van der Waals surface area (Å²) in [4.78, 5) is 24.9. The van der Waals surface area contributed by atoms with Gasteiger partial charge in [-0.2, -0.15) is 0 Å². The summed E-state index contributed by atoms with van der Waals surface area (Å²) < 4.78 is 0. The molecule has 2 unspecified atom stereocenters. The molecular formula is C13H15ClN2O3. The normalized spacial score (nSPS) is 22.5. The Balaban J connectivity index is 2.21. The van der Waals surface area contributed by atoms with E-state index in [1.165, 1.54) is 6.07 Å². The van der Waals surface area contributed by atoms with Gasteiger partial charge < -0.3 is 15.7 Å². The van der Waals surface area contributed by atoms with E-state index in [0.29, 0.717) is 29.2 Å². The van der Waals surface area contributed by atoms with E-state index in [9.17, 15) is 9.59 Å². The molecule has 19 heavy (non-hydrogen) atoms. The van der Waals surface area contributed by atoms with Gasteiger partial charge in [0.05, 0.1) is 16.6 Å². The van der Waals surface area contributed by atoms with Crippen LogP contribution < -0.4 is 5.73 Å². The molecule has 0 bridgehead atoms. The molecule has 0 saturated carbocycles. The van der Waals surface area contributed by atoms with Gasteiger partial charge in [0.2, 0.25) is 0 Å². The number of hydrogen-bond acceptors (Lipinski definition) is 3. The molecule has 2 rings (SSSR count). The SMILES string of the molecule is CC1C(C(=O)O)CCN1C(=O)c1ccc(Cl)c(N)c1. The zero-order valence-electron chi connectivity index (χ0n) is 10.5. The predicted octanol–water partition coefficient (Wildman–Crippen LogP) is 1.86. The molecule has 6 heteroatoms. The molecule has 102 valence electrons. The van der Waals surface area contributed by atoms with Crippen molar-refractivity contribution in [3.8, 4) is 0 Å². The van der Waals surface area contributed by atoms with Crippen LogP contribution >= 0.6 is 11.6 Å². The minimum Gasteiger partial charge on any atom is -0.481 e. The van der Waals surface area contributed by atoms with Crippen LogP contribution in [0.25, 0.3) is 0 Å². The van der Waals surface area contributed by atoms with Crippen LogP contribution in [0.1, 0.15) is 23.7 Å². The predicted molar refractivity (Wildman–Crippen MR) is 72.1 cm³/mol. The summed E-state index contributed by atoms with van der Waals surface area (Å²) in [6.45, 7) is 2.20. The fraction of sp³-hybridized carbons (Fsp3) is 0.385. The molecule has 3 N–H and O–H groups in total. The Hall–Kier alpha value is -1.75. The molecule has 0 spiro atoms. The van der Waals surface area contributed by atoms with Gasteiger partial charge in [-0.15, -0.1) is 0 Å². The fourth-order valence-corrected chi connectivity index (χ4v) is 2.52. The van der Waals surface area contributed by atoms with E-state index in [0.717, 1.165) is 0 Å². The molecule has 0 aliphatic carbocycles. The summed E-state index contributed by atoms with van der Waals surface area (Å²) in [5.41, 5.74) is 6.44. The van der Waals surface area contributed by atoms with Crippen LogP contribution in [-0.4, -0.2) is 34.5 Å². The van der Waals surface area contributed by atoms with Crippen molar-refractivity contribution in [2.24, 2.45) is 5.92 Å². The molecule has 1 fully saturated rings. The van der Waals surface area contributed by atoms with Crippen molar-refractivity contribution >= 4 is 29.2 Å². The van der Waals surface area contributed by atoms with E-state index in [-0.39, 0.29) is 11.9 Å². The number of anilines is 1. The maximum Gasteiger partial charge on any atom is 0.308 e. The highest BCUT2D eigenvalue weighted by Gasteiger charge is 2.38. The Morgan fingerprint density at radius 2 is 2.16 bits per heavy atom. The lowest BCUT2D eigenvalue weighted by Gasteiger charge is -2.23. The fourth-order valence-electron chi connectivity index (χ4n) is 2.40. The number of hydrogen-bond donors (Lipinski definition) is 2. The van der Waals surface area contributed by atoms with Crippen molar-refractivity contribution in [1.82, 2.24) is 4.90 Å². The van der Waals surface area contributed by atoms with E-state index < -0.39 is 11.9 Å². The molecule has 1 heterocycles. The Morgan fingerprint density at radius 3 is 2.68 bits per heavy atom. The second kappa shape index (κ2) is 5.09. The summed E-state index contributed by atoms with van der Waals surface area (Å²) in [6.07, 6.45) is 0.477. The van der Waals surface area contributed by atoms with Gasteiger partial charge in [-0.1, -0.05) is 11.6 Å². The number of likely N-dealkylation sites (tertiary alicyclic amines) is 1. The van der Waals surface area contributed by atoms with Crippen molar-refractivity contribution in [3.63, 3.8) is 0 Å². The average molecular weight is 283 g/mol. The highest BCUT2D eigenvalue weighted by molar-refractivity contribution is 6.33. The number of carbonyl (C=O) groups is 2. The van der Waals surface area contributed by atoms with Gasteiger partial charge in [-0.05, 0) is 31.5 Å². The molecule has 1 amide bonds. The number of carbonyl (C=O) groups excluding carboxylic acids is 1. The van der Waals surface area contributed by atoms with Gasteiger partial charge in [-0.25, -0.2) is 0 Å². The number of benzene rings is 1. The quantitative estimate of drug-likeness (QED) is 0.811. The van der Waals surface area contributed by atoms with Crippen LogP contribution in [-0.2, 0) is 4.79 Å². The van der Waals surface area contributed by atoms with Gasteiger partial charge >= 0.3 is 5.97 Å². The molecule has 1 aliphatic heterocycles. The van der Waals surface area contributed by atoms with Gasteiger partial charge in [-0.3, -0.25) is 9.59 Å². The van der Waals surface area contributed by atoms with Gasteiger partial charge in [0.25, 0.3) is 5.91 Å². The number of halogens is 1. The van der Waals surface area contributed by atoms with Crippen LogP contribution in [0, 0.1) is 5.92 Å². The summed E-state index contributed by atoms with van der Waals surface area (Å²) in [6, 6.07) is 4.37. The number of nitrogens with two attached hydrogens (primary N) is 1. The molecule has 1 aliphatic rings. The Kier molecular flexibility index (Phi) is 3.66. The summed E-state index contributed by atoms with van der Waals surface area (Å²) in [7, 11) is 0. The molecule has 1 saturated heterocycles. The Morgan fingerprint density at radius 1 is 1.47 bits per heavy atom. The number of carboxylic acids is 1. The molecular weight excluding hydrogens is 268 g/mol. The topological polar surface area (TPSA) is 83.6 Å². The molecule has 1 aromatic rings. The highest BCUT2D eigenvalue weighted by Crippen LogP contribution is 2.27. The first-order valence-electron chi connectivity index (χ1n) is 6.00. The lowest BCUT2D eigenvalue weighted by molar-refractivity contribution is -0.142. The maximum atomic E-state index is 12.3. The van der Waals surface area contributed by atoms with Crippen LogP contribution in [0.15, 0.2) is 18.2 Å². The zero-order valence-corrected chi connectivity index (χ0v) is 11.2. The lowest BCUT2D eigenvalue weighted by Crippen LogP contribution is -2.37. The van der Waals surface area contributed by atoms with Gasteiger partial charge in [0, 0.05) is 18.2 Å². The first-order valence-corrected chi connectivity index (χ1v) is 6.38. The minimum absolute atomic E-state index is 0.209. The van der Waals surface area contributed by atoms with E-state index in [2.05, 4.69) is 0 Å². The average Bonchev–Trinajstić information content (AvgIpc) is 2.74. The lowest BCUT2D eigenvalue weighted by atomic mass is 10.0. The third-order valence-electron chi connectivity index (χ3n) is 3.58. The standard InChI is InChI=1S/C13H15ClN2O3/c1-7-9(13(18)19)4-5-16(7)12(17)8-2-3-10(14)11(15)6-8/h2-3,6-7,9H,4-5,15H2,1H3,(H,18,19). The molecule has 1 aromatic carbocycles. The number of carboxylic acid groups (broad SMARTS) is 1. The highest BCUT2D eigenvalue weighted by atomic mass is 35.5. The third-order valence-corrected chi connectivity index (χ3v) is 3.92. The van der Waals surface area contributed by atoms with E-state index >= 15 is 0 Å². The second-order valence-corrected chi connectivity index (χ2v) is 5.12. The molecule has 0 aromatic heterocycles. The van der Waals surface area contributed by atoms with Crippen LogP contribution in [0.3, 0.4) is 0 Å². The number of nitrogen functional groups attached to an aromatic ring is 1. The maximum absolute atomic E-state index is 12.3. The summed E-state index contributed by atoms with van der Waals surface area (Å²) >= 11 is 5.81. The van der Waals surface area contributed by atoms with Gasteiger partial charge in [0.15, 0.2) is 0 Å². The van der Waals surface area contributed by atoms with Gasteiger partial charge in [0.1, 0.15) is 0 Å². The summed E-state index contributed by atoms with van der Waals surface area (Å²) in [5.74, 6) is -1.58. The monoisotopic (exact) mass is 282 g/mol. The molecule has 0 radical (unpaired) electrons. The number of aliphatic carboxylic acids is 1. The molecule has 2 atom stereocenters. The smallest absolute Gasteiger partial charge is 0.308 e. The number of nitrogens with zero attached hydrogens (tertiary/aromatic N) is 1. The first-order chi connectivity index (χ1) is 8.91. The zero-order chi connectivity index (χ0) is 14.2. The first kappa shape index (κ1) is 13.7. The van der Waals surface area contributed by atoms with Crippen molar-refractivity contribution in [2.45, 2.75) is 19.4 Å². The Labute approximate surface area is 116 Å². The molecule has 5 nitrogen and oxygen atoms in total. The van der Waals surface area contributed by atoms with Crippen LogP contribution in [0.5, 0.6) is 0 Å². The third kappa shape index (κ3) is 2.51. The number of amides is 1. The second-order valence-electron chi connectivity index (χ2n) is 4.71. The van der Waals surface area contributed by atoms with Crippen molar-refractivity contribution in [3.05, 3.63) is 28.8 Å². The van der Waals surface area contributed by atoms with Crippen molar-refractivity contribution in [1.29, 1.82) is 0 Å². The number of rotatable bonds is 2. The van der Waals surface area contributed by atoms with E-state index in [1.807, 2.05) is 0 Å². The largest absolute Gasteiger partial charge is 0.481 e. The van der Waals surface area contributed by atoms with E-state index in [1.54, 1.807) is 24.0 Å². The van der Waals surface area contributed by atoms with Crippen LogP contribution in [0.2, 0.25) is 5.02 Å². The van der Waals surface area contributed by atoms with E-state index in [4.69, 9.17) is 22.4 Å². The van der Waals surface area contributed by atoms with Crippen molar-refractivity contribution in [2.75, 3.05) is 12.3 Å².